The molecule has 1 fully saturated rings. The summed E-state index contributed by atoms with van der Waals surface area (Å²) in [5, 5.41) is 10.9. The molecule has 0 radical (unpaired) electrons. The number of non-ortho nitro benzene ring substituents is 1. The van der Waals surface area contributed by atoms with Crippen LogP contribution in [0.25, 0.3) is 6.08 Å². The summed E-state index contributed by atoms with van der Waals surface area (Å²) in [4.78, 5) is 25.2. The van der Waals surface area contributed by atoms with Crippen molar-refractivity contribution in [2.75, 3.05) is 4.90 Å². The third-order valence-electron chi connectivity index (χ3n) is 3.78. The first-order chi connectivity index (χ1) is 11.9. The Bertz CT molecular complexity index is 938. The lowest BCUT2D eigenvalue weighted by atomic mass is 10.1. The van der Waals surface area contributed by atoms with E-state index >= 15 is 0 Å². The molecule has 0 aliphatic carbocycles. The number of thiocarbonyl (C=S) groups is 1. The fourth-order valence-corrected chi connectivity index (χ4v) is 3.80. The maximum atomic E-state index is 12.8. The first-order valence-electron chi connectivity index (χ1n) is 7.46. The normalized spacial score (nSPS) is 15.9. The van der Waals surface area contributed by atoms with Crippen LogP contribution in [0.15, 0.2) is 47.4 Å². The molecule has 0 N–H and O–H groups in total. The number of amides is 1. The quantitative estimate of drug-likeness (QED) is 0.341. The first kappa shape index (κ1) is 17.3. The Morgan fingerprint density at radius 1 is 1.20 bits per heavy atom. The van der Waals surface area contributed by atoms with Gasteiger partial charge in [-0.2, -0.15) is 0 Å². The van der Waals surface area contributed by atoms with Crippen molar-refractivity contribution in [3.05, 3.63) is 74.2 Å². The van der Waals surface area contributed by atoms with Crippen molar-refractivity contribution in [1.82, 2.24) is 0 Å². The van der Waals surface area contributed by atoms with Gasteiger partial charge in [-0.1, -0.05) is 48.2 Å². The second-order valence-corrected chi connectivity index (χ2v) is 7.33. The van der Waals surface area contributed by atoms with Gasteiger partial charge in [0, 0.05) is 12.1 Å². The van der Waals surface area contributed by atoms with Crippen molar-refractivity contribution in [3.8, 4) is 0 Å². The van der Waals surface area contributed by atoms with E-state index in [1.807, 2.05) is 32.0 Å². The van der Waals surface area contributed by atoms with Gasteiger partial charge in [0.2, 0.25) is 0 Å². The van der Waals surface area contributed by atoms with Gasteiger partial charge >= 0.3 is 0 Å². The Kier molecular flexibility index (Phi) is 4.69. The van der Waals surface area contributed by atoms with Gasteiger partial charge in [0.1, 0.15) is 0 Å². The number of rotatable bonds is 3. The fourth-order valence-electron chi connectivity index (χ4n) is 2.52. The summed E-state index contributed by atoms with van der Waals surface area (Å²) in [6.45, 7) is 3.89. The zero-order valence-corrected chi connectivity index (χ0v) is 15.2. The Morgan fingerprint density at radius 3 is 2.68 bits per heavy atom. The highest BCUT2D eigenvalue weighted by Gasteiger charge is 2.34. The molecule has 1 heterocycles. The number of aryl methyl sites for hydroxylation is 2. The Balaban J connectivity index is 1.97. The Hall–Kier alpha value is -2.51. The lowest BCUT2D eigenvalue weighted by Gasteiger charge is -2.17. The molecule has 126 valence electrons. The first-order valence-corrected chi connectivity index (χ1v) is 8.69. The minimum absolute atomic E-state index is 0.0150. The van der Waals surface area contributed by atoms with E-state index in [1.54, 1.807) is 18.2 Å². The molecule has 1 amide bonds. The summed E-state index contributed by atoms with van der Waals surface area (Å²) in [6.07, 6.45) is 1.64. The number of nitro groups is 1. The van der Waals surface area contributed by atoms with E-state index in [2.05, 4.69) is 0 Å². The SMILES string of the molecule is Cc1ccc(C)c(N2C(=O)/C(=C/c3cccc([N+](=O)[O-])c3)SC2=S)c1. The van der Waals surface area contributed by atoms with Gasteiger partial charge in [0.15, 0.2) is 4.32 Å². The van der Waals surface area contributed by atoms with Gasteiger partial charge in [-0.25, -0.2) is 0 Å². The van der Waals surface area contributed by atoms with Crippen LogP contribution in [0, 0.1) is 24.0 Å². The molecule has 0 bridgehead atoms. The summed E-state index contributed by atoms with van der Waals surface area (Å²) in [6, 6.07) is 12.0. The van der Waals surface area contributed by atoms with Gasteiger partial charge in [-0.05, 0) is 42.7 Å². The van der Waals surface area contributed by atoms with Crippen molar-refractivity contribution in [2.24, 2.45) is 0 Å². The molecule has 5 nitrogen and oxygen atoms in total. The van der Waals surface area contributed by atoms with Gasteiger partial charge in [-0.15, -0.1) is 0 Å². The van der Waals surface area contributed by atoms with Crippen molar-refractivity contribution < 1.29 is 9.72 Å². The molecule has 7 heteroatoms. The zero-order valence-electron chi connectivity index (χ0n) is 13.6. The van der Waals surface area contributed by atoms with Gasteiger partial charge in [0.05, 0.1) is 15.5 Å². The van der Waals surface area contributed by atoms with Crippen LogP contribution >= 0.6 is 24.0 Å². The summed E-state index contributed by atoms with van der Waals surface area (Å²) in [5.74, 6) is -0.213. The second-order valence-electron chi connectivity index (χ2n) is 5.66. The van der Waals surface area contributed by atoms with E-state index in [9.17, 15) is 14.9 Å². The molecule has 0 saturated carbocycles. The van der Waals surface area contributed by atoms with E-state index in [4.69, 9.17) is 12.2 Å². The molecular weight excluding hydrogens is 356 g/mol. The highest BCUT2D eigenvalue weighted by atomic mass is 32.2. The lowest BCUT2D eigenvalue weighted by molar-refractivity contribution is -0.384. The number of carbonyl (C=O) groups excluding carboxylic acids is 1. The molecule has 1 saturated heterocycles. The highest BCUT2D eigenvalue weighted by molar-refractivity contribution is 8.27. The molecule has 0 atom stereocenters. The van der Waals surface area contributed by atoms with E-state index < -0.39 is 4.92 Å². The maximum absolute atomic E-state index is 12.8. The minimum Gasteiger partial charge on any atom is -0.268 e. The standard InChI is InChI=1S/C18H14N2O3S2/c1-11-6-7-12(2)15(8-11)19-17(21)16(25-18(19)24)10-13-4-3-5-14(9-13)20(22)23/h3-10H,1-2H3/b16-10-. The molecule has 2 aromatic rings. The molecule has 2 aromatic carbocycles. The summed E-state index contributed by atoms with van der Waals surface area (Å²) in [7, 11) is 0. The van der Waals surface area contributed by atoms with Crippen molar-refractivity contribution >= 4 is 51.7 Å². The van der Waals surface area contributed by atoms with Crippen LogP contribution in [-0.2, 0) is 4.79 Å². The molecule has 1 aliphatic heterocycles. The largest absolute Gasteiger partial charge is 0.270 e. The number of hydrogen-bond donors (Lipinski definition) is 0. The Labute approximate surface area is 154 Å². The van der Waals surface area contributed by atoms with Crippen molar-refractivity contribution in [3.63, 3.8) is 0 Å². The van der Waals surface area contributed by atoms with Crippen LogP contribution in [0.3, 0.4) is 0 Å². The van der Waals surface area contributed by atoms with Gasteiger partial charge in [-0.3, -0.25) is 19.8 Å². The monoisotopic (exact) mass is 370 g/mol. The van der Waals surface area contributed by atoms with E-state index in [0.717, 1.165) is 16.8 Å². The van der Waals surface area contributed by atoms with E-state index in [0.29, 0.717) is 14.8 Å². The third kappa shape index (κ3) is 3.47. The van der Waals surface area contributed by atoms with Gasteiger partial charge in [0.25, 0.3) is 11.6 Å². The molecule has 0 aromatic heterocycles. The number of nitro benzene ring substituents is 1. The average Bonchev–Trinajstić information content (AvgIpc) is 2.84. The summed E-state index contributed by atoms with van der Waals surface area (Å²) >= 11 is 6.58. The average molecular weight is 370 g/mol. The zero-order chi connectivity index (χ0) is 18.1. The van der Waals surface area contributed by atoms with Crippen molar-refractivity contribution in [1.29, 1.82) is 0 Å². The lowest BCUT2D eigenvalue weighted by Crippen LogP contribution is -2.28. The third-order valence-corrected chi connectivity index (χ3v) is 5.08. The minimum atomic E-state index is -0.460. The van der Waals surface area contributed by atoms with Crippen LogP contribution in [-0.4, -0.2) is 15.2 Å². The number of thioether (sulfide) groups is 1. The predicted molar refractivity (Wildman–Crippen MR) is 105 cm³/mol. The topological polar surface area (TPSA) is 63.5 Å². The number of carbonyl (C=O) groups is 1. The van der Waals surface area contributed by atoms with Crippen LogP contribution < -0.4 is 4.90 Å². The van der Waals surface area contributed by atoms with Crippen LogP contribution in [0.4, 0.5) is 11.4 Å². The van der Waals surface area contributed by atoms with Crippen LogP contribution in [0.2, 0.25) is 0 Å². The number of hydrogen-bond acceptors (Lipinski definition) is 5. The van der Waals surface area contributed by atoms with Gasteiger partial charge < -0.3 is 0 Å². The smallest absolute Gasteiger partial charge is 0.268 e. The molecule has 25 heavy (non-hydrogen) atoms. The van der Waals surface area contributed by atoms with Crippen molar-refractivity contribution in [2.45, 2.75) is 13.8 Å². The summed E-state index contributed by atoms with van der Waals surface area (Å²) < 4.78 is 0.454. The predicted octanol–water partition coefficient (Wildman–Crippen LogP) is 4.62. The molecule has 3 rings (SSSR count). The molecular formula is C18H14N2O3S2. The van der Waals surface area contributed by atoms with E-state index in [1.165, 1.54) is 28.8 Å². The summed E-state index contributed by atoms with van der Waals surface area (Å²) in [5.41, 5.74) is 3.34. The molecule has 1 aliphatic rings. The number of benzene rings is 2. The fraction of sp³-hybridized carbons (Fsp3) is 0.111. The number of anilines is 1. The van der Waals surface area contributed by atoms with Crippen LogP contribution in [0.5, 0.6) is 0 Å². The second kappa shape index (κ2) is 6.78. The van der Waals surface area contributed by atoms with Crippen LogP contribution in [0.1, 0.15) is 16.7 Å². The maximum Gasteiger partial charge on any atom is 0.270 e. The number of nitrogens with zero attached hydrogens (tertiary/aromatic N) is 2. The van der Waals surface area contributed by atoms with E-state index in [-0.39, 0.29) is 11.6 Å². The molecule has 0 spiro atoms. The molecule has 0 unspecified atom stereocenters. The Morgan fingerprint density at radius 2 is 1.96 bits per heavy atom. The highest BCUT2D eigenvalue weighted by Crippen LogP contribution is 2.37.